The van der Waals surface area contributed by atoms with Gasteiger partial charge in [0.15, 0.2) is 5.82 Å². The van der Waals surface area contributed by atoms with Gasteiger partial charge in [0.1, 0.15) is 5.69 Å². The van der Waals surface area contributed by atoms with E-state index < -0.39 is 0 Å². The highest BCUT2D eigenvalue weighted by molar-refractivity contribution is 5.47. The van der Waals surface area contributed by atoms with Gasteiger partial charge in [-0.25, -0.2) is 0 Å². The number of ether oxygens (including phenoxy) is 2. The normalized spacial score (nSPS) is 9.88. The molecule has 16 heavy (non-hydrogen) atoms. The van der Waals surface area contributed by atoms with Gasteiger partial charge in [0.2, 0.25) is 0 Å². The average molecular weight is 220 g/mol. The molecule has 2 heterocycles. The van der Waals surface area contributed by atoms with Crippen molar-refractivity contribution in [2.75, 3.05) is 14.2 Å². The standard InChI is InChI=1S/C8H8N6O2/c1-15-7-10-6(11-8(12-7)16-2)5-3-4-9-14-13-5/h3-4H,1-2H3. The minimum Gasteiger partial charge on any atom is -0.467 e. The molecule has 2 aromatic heterocycles. The molecule has 0 saturated heterocycles. The smallest absolute Gasteiger partial charge is 0.322 e. The molecule has 0 aliphatic carbocycles. The van der Waals surface area contributed by atoms with Gasteiger partial charge < -0.3 is 9.47 Å². The largest absolute Gasteiger partial charge is 0.467 e. The molecule has 0 N–H and O–H groups in total. The summed E-state index contributed by atoms with van der Waals surface area (Å²) in [6.45, 7) is 0. The van der Waals surface area contributed by atoms with E-state index in [4.69, 9.17) is 9.47 Å². The Bertz CT molecular complexity index is 455. The topological polar surface area (TPSA) is 95.8 Å². The molecule has 0 atom stereocenters. The number of aromatic nitrogens is 6. The van der Waals surface area contributed by atoms with Crippen LogP contribution in [0.15, 0.2) is 12.3 Å². The van der Waals surface area contributed by atoms with Gasteiger partial charge in [-0.3, -0.25) is 0 Å². The van der Waals surface area contributed by atoms with E-state index in [1.165, 1.54) is 20.4 Å². The van der Waals surface area contributed by atoms with Crippen LogP contribution >= 0.6 is 0 Å². The van der Waals surface area contributed by atoms with Gasteiger partial charge in [0.05, 0.1) is 20.4 Å². The fourth-order valence-electron chi connectivity index (χ4n) is 0.995. The van der Waals surface area contributed by atoms with Crippen LogP contribution in [0.3, 0.4) is 0 Å². The van der Waals surface area contributed by atoms with Crippen LogP contribution in [0.1, 0.15) is 0 Å². The summed E-state index contributed by atoms with van der Waals surface area (Å²) in [6, 6.07) is 1.93. The molecule has 0 saturated carbocycles. The number of nitrogens with zero attached hydrogens (tertiary/aromatic N) is 6. The molecule has 2 aromatic rings. The van der Waals surface area contributed by atoms with E-state index in [1.807, 2.05) is 0 Å². The van der Waals surface area contributed by atoms with E-state index in [0.29, 0.717) is 11.5 Å². The van der Waals surface area contributed by atoms with Crippen LogP contribution in [0.25, 0.3) is 11.5 Å². The predicted molar refractivity (Wildman–Crippen MR) is 51.8 cm³/mol. The van der Waals surface area contributed by atoms with Crippen molar-refractivity contribution < 1.29 is 9.47 Å². The van der Waals surface area contributed by atoms with Crippen molar-refractivity contribution >= 4 is 0 Å². The summed E-state index contributed by atoms with van der Waals surface area (Å²) in [5, 5.41) is 10.8. The molecule has 8 heteroatoms. The van der Waals surface area contributed by atoms with Crippen molar-refractivity contribution in [3.05, 3.63) is 12.3 Å². The first-order chi connectivity index (χ1) is 7.83. The number of hydrogen-bond donors (Lipinski definition) is 0. The third kappa shape index (κ3) is 2.00. The van der Waals surface area contributed by atoms with Gasteiger partial charge in [-0.1, -0.05) is 0 Å². The van der Waals surface area contributed by atoms with Crippen molar-refractivity contribution in [3.63, 3.8) is 0 Å². The number of methoxy groups -OCH3 is 2. The van der Waals surface area contributed by atoms with Gasteiger partial charge in [-0.15, -0.1) is 15.2 Å². The fourth-order valence-corrected chi connectivity index (χ4v) is 0.995. The van der Waals surface area contributed by atoms with E-state index in [2.05, 4.69) is 30.4 Å². The molecule has 0 amide bonds. The highest BCUT2D eigenvalue weighted by Crippen LogP contribution is 2.15. The molecule has 0 bridgehead atoms. The van der Waals surface area contributed by atoms with Gasteiger partial charge in [-0.2, -0.15) is 9.97 Å². The van der Waals surface area contributed by atoms with E-state index in [0.717, 1.165) is 0 Å². The van der Waals surface area contributed by atoms with Crippen LogP contribution in [-0.4, -0.2) is 44.6 Å². The average Bonchev–Trinajstić information content (AvgIpc) is 2.39. The van der Waals surface area contributed by atoms with Crippen molar-refractivity contribution in [2.45, 2.75) is 0 Å². The van der Waals surface area contributed by atoms with Crippen LogP contribution in [0, 0.1) is 0 Å². The molecule has 2 rings (SSSR count). The second kappa shape index (κ2) is 4.43. The monoisotopic (exact) mass is 220 g/mol. The number of rotatable bonds is 3. The Labute approximate surface area is 90.7 Å². The van der Waals surface area contributed by atoms with Gasteiger partial charge in [0, 0.05) is 0 Å². The van der Waals surface area contributed by atoms with Crippen molar-refractivity contribution in [1.82, 2.24) is 30.4 Å². The molecule has 0 aliphatic rings. The second-order valence-electron chi connectivity index (χ2n) is 2.64. The molecular weight excluding hydrogens is 212 g/mol. The van der Waals surface area contributed by atoms with E-state index >= 15 is 0 Å². The summed E-state index contributed by atoms with van der Waals surface area (Å²) in [7, 11) is 2.91. The summed E-state index contributed by atoms with van der Waals surface area (Å²) < 4.78 is 9.83. The fraction of sp³-hybridized carbons (Fsp3) is 0.250. The van der Waals surface area contributed by atoms with Gasteiger partial charge in [-0.05, 0) is 11.3 Å². The number of hydrogen-bond acceptors (Lipinski definition) is 8. The lowest BCUT2D eigenvalue weighted by molar-refractivity contribution is 0.341. The predicted octanol–water partition coefficient (Wildman–Crippen LogP) is -0.259. The molecule has 0 unspecified atom stereocenters. The molecule has 8 nitrogen and oxygen atoms in total. The van der Waals surface area contributed by atoms with Crippen molar-refractivity contribution in [2.24, 2.45) is 0 Å². The first-order valence-corrected chi connectivity index (χ1v) is 4.32. The maximum Gasteiger partial charge on any atom is 0.322 e. The third-order valence-corrected chi connectivity index (χ3v) is 1.69. The van der Waals surface area contributed by atoms with Crippen LogP contribution in [0.4, 0.5) is 0 Å². The maximum atomic E-state index is 4.91. The van der Waals surface area contributed by atoms with E-state index in [9.17, 15) is 0 Å². The molecule has 82 valence electrons. The molecule has 0 fully saturated rings. The Morgan fingerprint density at radius 3 is 2.19 bits per heavy atom. The SMILES string of the molecule is COc1nc(OC)nc(-c2ccnnn2)n1. The Hall–Kier alpha value is -2.38. The van der Waals surface area contributed by atoms with Gasteiger partial charge >= 0.3 is 12.0 Å². The summed E-state index contributed by atoms with van der Waals surface area (Å²) in [4.78, 5) is 11.9. The highest BCUT2D eigenvalue weighted by Gasteiger charge is 2.10. The zero-order chi connectivity index (χ0) is 11.4. The Morgan fingerprint density at radius 2 is 1.69 bits per heavy atom. The van der Waals surface area contributed by atoms with Crippen LogP contribution in [0.5, 0.6) is 12.0 Å². The minimum absolute atomic E-state index is 0.153. The zero-order valence-corrected chi connectivity index (χ0v) is 8.65. The zero-order valence-electron chi connectivity index (χ0n) is 8.65. The lowest BCUT2D eigenvalue weighted by atomic mass is 10.4. The Morgan fingerprint density at radius 1 is 1.00 bits per heavy atom. The molecule has 0 aromatic carbocycles. The van der Waals surface area contributed by atoms with E-state index in [1.54, 1.807) is 6.07 Å². The third-order valence-electron chi connectivity index (χ3n) is 1.69. The second-order valence-corrected chi connectivity index (χ2v) is 2.64. The lowest BCUT2D eigenvalue weighted by Crippen LogP contribution is -2.02. The van der Waals surface area contributed by atoms with Crippen LogP contribution in [-0.2, 0) is 0 Å². The molecule has 0 radical (unpaired) electrons. The quantitative estimate of drug-likeness (QED) is 0.698. The highest BCUT2D eigenvalue weighted by atomic mass is 16.5. The first-order valence-electron chi connectivity index (χ1n) is 4.32. The van der Waals surface area contributed by atoms with Crippen LogP contribution < -0.4 is 9.47 Å². The van der Waals surface area contributed by atoms with Gasteiger partial charge in [0.25, 0.3) is 0 Å². The maximum absolute atomic E-state index is 4.91. The van der Waals surface area contributed by atoms with E-state index in [-0.39, 0.29) is 12.0 Å². The summed E-state index contributed by atoms with van der Waals surface area (Å²) >= 11 is 0. The summed E-state index contributed by atoms with van der Waals surface area (Å²) in [5.41, 5.74) is 0.467. The van der Waals surface area contributed by atoms with Crippen molar-refractivity contribution in [3.8, 4) is 23.5 Å². The van der Waals surface area contributed by atoms with Crippen LogP contribution in [0.2, 0.25) is 0 Å². The van der Waals surface area contributed by atoms with Crippen molar-refractivity contribution in [1.29, 1.82) is 0 Å². The summed E-state index contributed by atoms with van der Waals surface area (Å²) in [6.07, 6.45) is 1.49. The molecular formula is C8H8N6O2. The first kappa shape index (κ1) is 10.1. The Balaban J connectivity index is 2.48. The Kier molecular flexibility index (Phi) is 2.81. The minimum atomic E-state index is 0.153. The molecule has 0 aliphatic heterocycles. The summed E-state index contributed by atoms with van der Waals surface area (Å²) in [5.74, 6) is 0.318. The lowest BCUT2D eigenvalue weighted by Gasteiger charge is -2.03. The molecule has 0 spiro atoms.